The summed E-state index contributed by atoms with van der Waals surface area (Å²) in [6.45, 7) is 0. The van der Waals surface area contributed by atoms with E-state index in [4.69, 9.17) is 9.47 Å². The van der Waals surface area contributed by atoms with Gasteiger partial charge in [0, 0.05) is 17.1 Å². The molecule has 0 unspecified atom stereocenters. The fraction of sp³-hybridized carbons (Fsp3) is 0.0833. The zero-order valence-electron chi connectivity index (χ0n) is 17.0. The minimum atomic E-state index is -0.678. The van der Waals surface area contributed by atoms with Gasteiger partial charge in [-0.15, -0.1) is 0 Å². The minimum absolute atomic E-state index is 0.350. The number of methoxy groups -OCH3 is 2. The van der Waals surface area contributed by atoms with Crippen LogP contribution in [0.3, 0.4) is 0 Å². The number of fused-ring (bicyclic) bond motifs is 1. The average Bonchev–Trinajstić information content (AvgIpc) is 2.80. The van der Waals surface area contributed by atoms with E-state index in [1.54, 1.807) is 66.7 Å². The lowest BCUT2D eigenvalue weighted by Gasteiger charge is -2.24. The molecule has 3 aromatic carbocycles. The largest absolute Gasteiger partial charge is 0.506 e. The SMILES string of the molecule is COc1ccc(N(C(=O)c2c(O)c3ccccc3[nH]c2=O)c2ccccc2)cc1OC. The number of nitrogens with one attached hydrogen (secondary N) is 1. The molecule has 1 aromatic heterocycles. The molecular formula is C24H20N2O5. The molecule has 0 atom stereocenters. The molecule has 156 valence electrons. The van der Waals surface area contributed by atoms with E-state index >= 15 is 0 Å². The van der Waals surface area contributed by atoms with Crippen LogP contribution in [-0.2, 0) is 0 Å². The van der Waals surface area contributed by atoms with Crippen LogP contribution >= 0.6 is 0 Å². The molecule has 0 saturated heterocycles. The fourth-order valence-electron chi connectivity index (χ4n) is 3.46. The Hall–Kier alpha value is -4.26. The molecule has 7 heteroatoms. The molecule has 0 aliphatic rings. The number of pyridine rings is 1. The molecule has 0 bridgehead atoms. The molecule has 7 nitrogen and oxygen atoms in total. The summed E-state index contributed by atoms with van der Waals surface area (Å²) in [5, 5.41) is 11.2. The van der Waals surface area contributed by atoms with Crippen molar-refractivity contribution in [3.05, 3.63) is 88.7 Å². The van der Waals surface area contributed by atoms with Gasteiger partial charge in [-0.05, 0) is 36.4 Å². The van der Waals surface area contributed by atoms with E-state index in [1.807, 2.05) is 6.07 Å². The molecule has 0 saturated carbocycles. The molecule has 0 fully saturated rings. The van der Waals surface area contributed by atoms with Crippen LogP contribution in [0.1, 0.15) is 10.4 Å². The Balaban J connectivity index is 1.93. The maximum absolute atomic E-state index is 13.7. The minimum Gasteiger partial charge on any atom is -0.506 e. The number of benzene rings is 3. The first-order chi connectivity index (χ1) is 15.0. The first-order valence-electron chi connectivity index (χ1n) is 9.50. The molecule has 0 aliphatic carbocycles. The van der Waals surface area contributed by atoms with Crippen LogP contribution in [0.15, 0.2) is 77.6 Å². The number of rotatable bonds is 5. The van der Waals surface area contributed by atoms with E-state index in [-0.39, 0.29) is 11.3 Å². The quantitative estimate of drug-likeness (QED) is 0.508. The normalized spacial score (nSPS) is 10.6. The van der Waals surface area contributed by atoms with Gasteiger partial charge in [0.05, 0.1) is 25.4 Å². The number of para-hydroxylation sites is 2. The Morgan fingerprint density at radius 1 is 0.871 bits per heavy atom. The van der Waals surface area contributed by atoms with Crippen LogP contribution < -0.4 is 19.9 Å². The number of carbonyl (C=O) groups excluding carboxylic acids is 1. The molecule has 1 amide bonds. The lowest BCUT2D eigenvalue weighted by Crippen LogP contribution is -2.31. The first kappa shape index (κ1) is 20.0. The molecule has 1 heterocycles. The van der Waals surface area contributed by atoms with Crippen LogP contribution in [-0.4, -0.2) is 30.2 Å². The van der Waals surface area contributed by atoms with Crippen molar-refractivity contribution in [2.24, 2.45) is 0 Å². The molecule has 0 radical (unpaired) electrons. The third-order valence-corrected chi connectivity index (χ3v) is 4.95. The van der Waals surface area contributed by atoms with E-state index in [9.17, 15) is 14.7 Å². The van der Waals surface area contributed by atoms with Gasteiger partial charge in [-0.3, -0.25) is 14.5 Å². The lowest BCUT2D eigenvalue weighted by molar-refractivity contribution is 0.0995. The van der Waals surface area contributed by atoms with E-state index in [0.29, 0.717) is 33.8 Å². The Bertz CT molecular complexity index is 1310. The zero-order valence-corrected chi connectivity index (χ0v) is 17.0. The second-order valence-electron chi connectivity index (χ2n) is 6.74. The highest BCUT2D eigenvalue weighted by atomic mass is 16.5. The average molecular weight is 416 g/mol. The van der Waals surface area contributed by atoms with Crippen molar-refractivity contribution >= 4 is 28.2 Å². The Morgan fingerprint density at radius 3 is 2.26 bits per heavy atom. The highest BCUT2D eigenvalue weighted by molar-refractivity contribution is 6.14. The highest BCUT2D eigenvalue weighted by Crippen LogP contribution is 2.36. The summed E-state index contributed by atoms with van der Waals surface area (Å²) in [6.07, 6.45) is 0. The number of hydrogen-bond donors (Lipinski definition) is 2. The number of anilines is 2. The second kappa shape index (κ2) is 8.23. The van der Waals surface area contributed by atoms with Gasteiger partial charge in [-0.2, -0.15) is 0 Å². The third kappa shape index (κ3) is 3.57. The molecular weight excluding hydrogens is 396 g/mol. The monoisotopic (exact) mass is 416 g/mol. The molecule has 31 heavy (non-hydrogen) atoms. The summed E-state index contributed by atoms with van der Waals surface area (Å²) in [4.78, 5) is 30.5. The van der Waals surface area contributed by atoms with Crippen molar-refractivity contribution in [2.45, 2.75) is 0 Å². The molecule has 0 spiro atoms. The highest BCUT2D eigenvalue weighted by Gasteiger charge is 2.27. The number of H-pyrrole nitrogens is 1. The number of aromatic nitrogens is 1. The number of aromatic amines is 1. The van der Waals surface area contributed by atoms with Gasteiger partial charge in [0.1, 0.15) is 11.3 Å². The van der Waals surface area contributed by atoms with Gasteiger partial charge in [-0.1, -0.05) is 30.3 Å². The molecule has 4 rings (SSSR count). The van der Waals surface area contributed by atoms with Crippen molar-refractivity contribution in [3.8, 4) is 17.2 Å². The number of aromatic hydroxyl groups is 1. The molecule has 0 aliphatic heterocycles. The zero-order chi connectivity index (χ0) is 22.0. The lowest BCUT2D eigenvalue weighted by atomic mass is 10.1. The third-order valence-electron chi connectivity index (χ3n) is 4.95. The van der Waals surface area contributed by atoms with Crippen LogP contribution in [0, 0.1) is 0 Å². The summed E-state index contributed by atoms with van der Waals surface area (Å²) >= 11 is 0. The van der Waals surface area contributed by atoms with Gasteiger partial charge in [0.25, 0.3) is 11.5 Å². The number of hydrogen-bond acceptors (Lipinski definition) is 5. The summed E-state index contributed by atoms with van der Waals surface area (Å²) in [7, 11) is 3.01. The maximum atomic E-state index is 13.7. The van der Waals surface area contributed by atoms with E-state index < -0.39 is 11.5 Å². The van der Waals surface area contributed by atoms with E-state index in [0.717, 1.165) is 0 Å². The number of carbonyl (C=O) groups is 1. The first-order valence-corrected chi connectivity index (χ1v) is 9.50. The van der Waals surface area contributed by atoms with Crippen molar-refractivity contribution in [3.63, 3.8) is 0 Å². The van der Waals surface area contributed by atoms with Crippen molar-refractivity contribution in [1.29, 1.82) is 0 Å². The van der Waals surface area contributed by atoms with E-state index in [1.165, 1.54) is 19.1 Å². The summed E-state index contributed by atoms with van der Waals surface area (Å²) < 4.78 is 10.7. The number of nitrogens with zero attached hydrogens (tertiary/aromatic N) is 1. The second-order valence-corrected chi connectivity index (χ2v) is 6.74. The van der Waals surface area contributed by atoms with Crippen molar-refractivity contribution in [2.75, 3.05) is 19.1 Å². The van der Waals surface area contributed by atoms with Crippen molar-refractivity contribution in [1.82, 2.24) is 4.98 Å². The Morgan fingerprint density at radius 2 is 1.55 bits per heavy atom. The van der Waals surface area contributed by atoms with Gasteiger partial charge >= 0.3 is 0 Å². The maximum Gasteiger partial charge on any atom is 0.272 e. The Kier molecular flexibility index (Phi) is 5.32. The Labute approximate surface area is 178 Å². The topological polar surface area (TPSA) is 91.9 Å². The molecule has 4 aromatic rings. The fourth-order valence-corrected chi connectivity index (χ4v) is 3.46. The van der Waals surface area contributed by atoms with Crippen LogP contribution in [0.2, 0.25) is 0 Å². The van der Waals surface area contributed by atoms with Gasteiger partial charge in [0.2, 0.25) is 0 Å². The summed E-state index contributed by atoms with van der Waals surface area (Å²) in [6, 6.07) is 20.6. The number of ether oxygens (including phenoxy) is 2. The van der Waals surface area contributed by atoms with Gasteiger partial charge in [0.15, 0.2) is 11.5 Å². The van der Waals surface area contributed by atoms with Crippen LogP contribution in [0.25, 0.3) is 10.9 Å². The van der Waals surface area contributed by atoms with Crippen LogP contribution in [0.5, 0.6) is 17.2 Å². The predicted octanol–water partition coefficient (Wildman–Crippen LogP) is 4.23. The standard InChI is InChI=1S/C24H20N2O5/c1-30-19-13-12-16(14-20(19)31-2)26(15-8-4-3-5-9-15)24(29)21-22(27)17-10-6-7-11-18(17)25-23(21)28/h3-14H,1-2H3,(H2,25,27,28). The summed E-state index contributed by atoms with van der Waals surface area (Å²) in [5.41, 5.74) is 0.381. The molecule has 2 N–H and O–H groups in total. The van der Waals surface area contributed by atoms with E-state index in [2.05, 4.69) is 4.98 Å². The predicted molar refractivity (Wildman–Crippen MR) is 119 cm³/mol. The number of amides is 1. The smallest absolute Gasteiger partial charge is 0.272 e. The van der Waals surface area contributed by atoms with Gasteiger partial charge < -0.3 is 19.6 Å². The summed E-state index contributed by atoms with van der Waals surface area (Å²) in [5.74, 6) is -0.128. The van der Waals surface area contributed by atoms with Gasteiger partial charge in [-0.25, -0.2) is 0 Å². The van der Waals surface area contributed by atoms with Crippen molar-refractivity contribution < 1.29 is 19.4 Å². The van der Waals surface area contributed by atoms with Crippen LogP contribution in [0.4, 0.5) is 11.4 Å².